The minimum atomic E-state index is -0.353. The summed E-state index contributed by atoms with van der Waals surface area (Å²) in [6.07, 6.45) is 5.44. The molecule has 0 unspecified atom stereocenters. The summed E-state index contributed by atoms with van der Waals surface area (Å²) in [4.78, 5) is 24.6. The van der Waals surface area contributed by atoms with Gasteiger partial charge in [-0.05, 0) is 31.4 Å². The number of fused-ring (bicyclic) bond motifs is 3. The Morgan fingerprint density at radius 3 is 2.49 bits per heavy atom. The Hall–Kier alpha value is -3.66. The van der Waals surface area contributed by atoms with Crippen molar-refractivity contribution in [1.82, 2.24) is 14.7 Å². The number of aliphatic imine (C=N–C) groups is 1. The van der Waals surface area contributed by atoms with Gasteiger partial charge in [-0.25, -0.2) is 9.79 Å². The molecular weight excluding hydrogens is 498 g/mol. The molecule has 0 aromatic heterocycles. The molecule has 2 saturated heterocycles. The van der Waals surface area contributed by atoms with E-state index in [1.165, 1.54) is 20.3 Å². The molecule has 212 valence electrons. The van der Waals surface area contributed by atoms with Crippen LogP contribution in [0.4, 0.5) is 4.79 Å². The van der Waals surface area contributed by atoms with Crippen LogP contribution in [0.25, 0.3) is 0 Å². The van der Waals surface area contributed by atoms with Crippen molar-refractivity contribution < 1.29 is 23.7 Å². The van der Waals surface area contributed by atoms with E-state index in [0.717, 1.165) is 54.3 Å². The quantitative estimate of drug-likeness (QED) is 0.305. The fourth-order valence-electron chi connectivity index (χ4n) is 6.11. The van der Waals surface area contributed by atoms with Gasteiger partial charge in [-0.3, -0.25) is 9.80 Å². The topological polar surface area (TPSA) is 102 Å². The Morgan fingerprint density at radius 1 is 1.18 bits per heavy atom. The van der Waals surface area contributed by atoms with Crippen LogP contribution in [0.3, 0.4) is 0 Å². The van der Waals surface area contributed by atoms with Gasteiger partial charge >= 0.3 is 6.03 Å². The lowest BCUT2D eigenvalue weighted by molar-refractivity contribution is 0.0966. The molecule has 3 heterocycles. The smallest absolute Gasteiger partial charge is 0.325 e. The van der Waals surface area contributed by atoms with E-state index >= 15 is 0 Å². The second-order valence-corrected chi connectivity index (χ2v) is 10.1. The first-order chi connectivity index (χ1) is 18.7. The summed E-state index contributed by atoms with van der Waals surface area (Å²) in [6.45, 7) is 11.7. The zero-order valence-electron chi connectivity index (χ0n) is 24.0. The van der Waals surface area contributed by atoms with E-state index in [4.69, 9.17) is 24.7 Å². The highest BCUT2D eigenvalue weighted by molar-refractivity contribution is 5.88. The minimum Gasteiger partial charge on any atom is -0.497 e. The Kier molecular flexibility index (Phi) is 8.44. The lowest BCUT2D eigenvalue weighted by Gasteiger charge is -2.44. The maximum Gasteiger partial charge on any atom is 0.325 e. The molecule has 0 aliphatic carbocycles. The monoisotopic (exact) mass is 539 g/mol. The molecule has 2 fully saturated rings. The molecule has 0 saturated carbocycles. The van der Waals surface area contributed by atoms with Crippen LogP contribution in [0.2, 0.25) is 0 Å². The largest absolute Gasteiger partial charge is 0.497 e. The van der Waals surface area contributed by atoms with Gasteiger partial charge in [0.25, 0.3) is 0 Å². The zero-order valence-corrected chi connectivity index (χ0v) is 24.0. The number of carbonyl (C=O) groups is 1. The first kappa shape index (κ1) is 28.4. The Morgan fingerprint density at radius 2 is 1.90 bits per heavy atom. The highest BCUT2D eigenvalue weighted by Gasteiger charge is 2.54. The van der Waals surface area contributed by atoms with Gasteiger partial charge < -0.3 is 29.6 Å². The van der Waals surface area contributed by atoms with Crippen molar-refractivity contribution in [2.75, 3.05) is 54.6 Å². The van der Waals surface area contributed by atoms with Gasteiger partial charge in [-0.1, -0.05) is 19.6 Å². The molecule has 1 spiro atoms. The number of carbonyl (C=O) groups excluding carboxylic acids is 1. The van der Waals surface area contributed by atoms with E-state index in [1.54, 1.807) is 14.2 Å². The average Bonchev–Trinajstić information content (AvgIpc) is 3.03. The first-order valence-corrected chi connectivity index (χ1v) is 13.3. The Balaban J connectivity index is 1.58. The fourth-order valence-corrected chi connectivity index (χ4v) is 6.11. The van der Waals surface area contributed by atoms with Crippen molar-refractivity contribution in [3.05, 3.63) is 59.3 Å². The van der Waals surface area contributed by atoms with Gasteiger partial charge in [-0.15, -0.1) is 0 Å². The molecule has 1 aromatic rings. The predicted octanol–water partition coefficient (Wildman–Crippen LogP) is 3.80. The van der Waals surface area contributed by atoms with E-state index in [2.05, 4.69) is 41.3 Å². The summed E-state index contributed by atoms with van der Waals surface area (Å²) in [6, 6.07) is 4.00. The Bertz CT molecular complexity index is 1200. The standard InChI is InChI=1S/C29H41N5O5/c1-8-34-28(35)33-18-21-14-22(36-4)15-23(37-5)27(21)19(2)13-24(33)29(34)9-11-32(12-10-29)17-20(3)31-26(39-7)16-25(30)38-6/h13-16,19H,3,8-12,17-18,30H2,1-2,4-7H3/b25-16+,31-26+/t19-/m0/s1. The summed E-state index contributed by atoms with van der Waals surface area (Å²) in [5.74, 6) is 2.14. The molecule has 3 aliphatic heterocycles. The van der Waals surface area contributed by atoms with E-state index < -0.39 is 0 Å². The predicted molar refractivity (Wildman–Crippen MR) is 151 cm³/mol. The summed E-state index contributed by atoms with van der Waals surface area (Å²) in [5.41, 5.74) is 9.29. The average molecular weight is 540 g/mol. The van der Waals surface area contributed by atoms with Gasteiger partial charge in [0.15, 0.2) is 5.88 Å². The molecule has 2 N–H and O–H groups in total. The maximum absolute atomic E-state index is 13.8. The number of rotatable bonds is 8. The van der Waals surface area contributed by atoms with Gasteiger partial charge in [0, 0.05) is 49.4 Å². The van der Waals surface area contributed by atoms with Crippen molar-refractivity contribution in [2.45, 2.75) is 44.7 Å². The van der Waals surface area contributed by atoms with Crippen LogP contribution in [0.15, 0.2) is 53.1 Å². The number of nitrogens with zero attached hydrogens (tertiary/aromatic N) is 4. The number of benzene rings is 1. The van der Waals surface area contributed by atoms with Crippen LogP contribution < -0.4 is 15.2 Å². The number of amides is 2. The van der Waals surface area contributed by atoms with Crippen molar-refractivity contribution >= 4 is 11.9 Å². The molecule has 1 aromatic carbocycles. The third-order valence-electron chi connectivity index (χ3n) is 7.98. The SMILES string of the molecule is C=C(CN1CCC2(CC1)C1=C[C@H](C)c3c(cc(OC)cc3OC)CN1C(=O)N2CC)/N=C(\C=C(/N)OC)OC. The first-order valence-electron chi connectivity index (χ1n) is 13.3. The number of likely N-dealkylation sites (tertiary alicyclic amines) is 1. The van der Waals surface area contributed by atoms with Gasteiger partial charge in [0.2, 0.25) is 5.90 Å². The zero-order chi connectivity index (χ0) is 28.3. The summed E-state index contributed by atoms with van der Waals surface area (Å²) in [5, 5.41) is 0. The number of ether oxygens (including phenoxy) is 4. The van der Waals surface area contributed by atoms with Gasteiger partial charge in [-0.2, -0.15) is 0 Å². The molecule has 2 amide bonds. The number of nitrogens with two attached hydrogens (primary N) is 1. The van der Waals surface area contributed by atoms with E-state index in [9.17, 15) is 4.79 Å². The van der Waals surface area contributed by atoms with Crippen LogP contribution in [-0.4, -0.2) is 86.8 Å². The number of methoxy groups -OCH3 is 4. The minimum absolute atomic E-state index is 0.0558. The molecule has 10 heteroatoms. The van der Waals surface area contributed by atoms with Gasteiger partial charge in [0.05, 0.1) is 52.3 Å². The highest BCUT2D eigenvalue weighted by Crippen LogP contribution is 2.49. The van der Waals surface area contributed by atoms with Crippen molar-refractivity contribution in [2.24, 2.45) is 10.7 Å². The third-order valence-corrected chi connectivity index (χ3v) is 7.98. The van der Waals surface area contributed by atoms with Crippen LogP contribution in [0, 0.1) is 0 Å². The van der Waals surface area contributed by atoms with Crippen molar-refractivity contribution in [3.8, 4) is 11.5 Å². The molecule has 10 nitrogen and oxygen atoms in total. The number of hydrogen-bond donors (Lipinski definition) is 1. The summed E-state index contributed by atoms with van der Waals surface area (Å²) >= 11 is 0. The van der Waals surface area contributed by atoms with E-state index in [0.29, 0.717) is 31.2 Å². The third kappa shape index (κ3) is 5.30. The molecule has 4 rings (SSSR count). The number of allylic oxidation sites excluding steroid dienone is 1. The number of likely N-dealkylation sites (N-methyl/N-ethyl adjacent to an activating group) is 1. The second-order valence-electron chi connectivity index (χ2n) is 10.1. The van der Waals surface area contributed by atoms with Crippen LogP contribution in [0.1, 0.15) is 43.7 Å². The highest BCUT2D eigenvalue weighted by atomic mass is 16.5. The van der Waals surface area contributed by atoms with Crippen LogP contribution in [-0.2, 0) is 16.0 Å². The maximum atomic E-state index is 13.8. The van der Waals surface area contributed by atoms with Crippen molar-refractivity contribution in [3.63, 3.8) is 0 Å². The summed E-state index contributed by atoms with van der Waals surface area (Å²) < 4.78 is 21.6. The lowest BCUT2D eigenvalue weighted by Crippen LogP contribution is -2.53. The molecule has 0 bridgehead atoms. The molecule has 3 aliphatic rings. The van der Waals surface area contributed by atoms with E-state index in [1.807, 2.05) is 17.0 Å². The molecule has 1 atom stereocenters. The van der Waals surface area contributed by atoms with E-state index in [-0.39, 0.29) is 23.4 Å². The Labute approximate surface area is 231 Å². The number of piperidine rings is 1. The molecular formula is C29H41N5O5. The van der Waals surface area contributed by atoms with Crippen molar-refractivity contribution in [1.29, 1.82) is 0 Å². The van der Waals surface area contributed by atoms with Crippen LogP contribution >= 0.6 is 0 Å². The normalized spacial score (nSPS) is 21.2. The second kappa shape index (κ2) is 11.6. The van der Waals surface area contributed by atoms with Gasteiger partial charge in [0.1, 0.15) is 11.5 Å². The fraction of sp³-hybridized carbons (Fsp3) is 0.517. The number of hydrogen-bond acceptors (Lipinski definition) is 8. The lowest BCUT2D eigenvalue weighted by atomic mass is 9.82. The number of urea groups is 1. The molecule has 0 radical (unpaired) electrons. The molecule has 39 heavy (non-hydrogen) atoms. The van der Waals surface area contributed by atoms with Crippen LogP contribution in [0.5, 0.6) is 11.5 Å². The summed E-state index contributed by atoms with van der Waals surface area (Å²) in [7, 11) is 6.35.